The van der Waals surface area contributed by atoms with Gasteiger partial charge in [0.2, 0.25) is 0 Å². The van der Waals surface area contributed by atoms with E-state index >= 15 is 0 Å². The van der Waals surface area contributed by atoms with Crippen molar-refractivity contribution in [3.8, 4) is 0 Å². The van der Waals surface area contributed by atoms with Gasteiger partial charge in [-0.1, -0.05) is 78.4 Å². The van der Waals surface area contributed by atoms with Gasteiger partial charge in [-0.3, -0.25) is 0 Å². The van der Waals surface area contributed by atoms with Crippen LogP contribution in [0.4, 0.5) is 0 Å². The number of hydrogen-bond donors (Lipinski definition) is 0. The second kappa shape index (κ2) is 18.1. The zero-order chi connectivity index (χ0) is 19.0. The third kappa shape index (κ3) is 15.9. The molecule has 0 spiro atoms. The van der Waals surface area contributed by atoms with E-state index in [4.69, 9.17) is 0 Å². The Morgan fingerprint density at radius 3 is 1.19 bits per heavy atom. The van der Waals surface area contributed by atoms with Crippen LogP contribution in [-0.4, -0.2) is 30.7 Å². The van der Waals surface area contributed by atoms with Gasteiger partial charge in [-0.25, -0.2) is 0 Å². The summed E-state index contributed by atoms with van der Waals surface area (Å²) < 4.78 is 1.20. The molecule has 0 aliphatic rings. The quantitative estimate of drug-likeness (QED) is 0.182. The highest BCUT2D eigenvalue weighted by Gasteiger charge is 2.26. The SMILES string of the molecule is C=C(C)C[N+](CCCCCCCC)(CCCCCCCC)CC(=C)C.[Cl-]. The Morgan fingerprint density at radius 2 is 0.885 bits per heavy atom. The maximum atomic E-state index is 4.24. The first-order chi connectivity index (χ1) is 12.0. The lowest BCUT2D eigenvalue weighted by Crippen LogP contribution is -3.00. The molecule has 0 heterocycles. The van der Waals surface area contributed by atoms with Crippen LogP contribution in [0.1, 0.15) is 105 Å². The molecule has 0 atom stereocenters. The molecule has 0 saturated heterocycles. The Kier molecular flexibility index (Phi) is 19.5. The molecule has 0 radical (unpaired) electrons. The fourth-order valence-electron chi connectivity index (χ4n) is 4.08. The van der Waals surface area contributed by atoms with E-state index in [9.17, 15) is 0 Å². The molecule has 0 fully saturated rings. The smallest absolute Gasteiger partial charge is 0.100 e. The number of hydrogen-bond acceptors (Lipinski definition) is 0. The number of halogens is 1. The number of rotatable bonds is 18. The summed E-state index contributed by atoms with van der Waals surface area (Å²) in [5.41, 5.74) is 2.66. The molecule has 2 heteroatoms. The van der Waals surface area contributed by atoms with Gasteiger partial charge >= 0.3 is 0 Å². The molecule has 0 bridgehead atoms. The Bertz CT molecular complexity index is 314. The van der Waals surface area contributed by atoms with Gasteiger partial charge in [0.05, 0.1) is 13.1 Å². The first-order valence-corrected chi connectivity index (χ1v) is 11.1. The van der Waals surface area contributed by atoms with Crippen LogP contribution in [0.2, 0.25) is 0 Å². The molecule has 0 unspecified atom stereocenters. The minimum atomic E-state index is 0. The lowest BCUT2D eigenvalue weighted by molar-refractivity contribution is -0.920. The molecule has 1 nitrogen and oxygen atoms in total. The first-order valence-electron chi connectivity index (χ1n) is 11.1. The van der Waals surface area contributed by atoms with Crippen LogP contribution in [0.25, 0.3) is 0 Å². The third-order valence-electron chi connectivity index (χ3n) is 5.18. The zero-order valence-electron chi connectivity index (χ0n) is 18.6. The summed E-state index contributed by atoms with van der Waals surface area (Å²) in [5, 5.41) is 0. The van der Waals surface area contributed by atoms with E-state index < -0.39 is 0 Å². The van der Waals surface area contributed by atoms with Crippen LogP contribution in [0, 0.1) is 0 Å². The van der Waals surface area contributed by atoms with Crippen LogP contribution in [0.5, 0.6) is 0 Å². The second-order valence-electron chi connectivity index (χ2n) is 8.55. The minimum absolute atomic E-state index is 0. The lowest BCUT2D eigenvalue weighted by Gasteiger charge is -2.39. The molecule has 0 aromatic rings. The summed E-state index contributed by atoms with van der Waals surface area (Å²) >= 11 is 0. The Morgan fingerprint density at radius 1 is 0.577 bits per heavy atom. The molecule has 156 valence electrons. The molecule has 26 heavy (non-hydrogen) atoms. The fraction of sp³-hybridized carbons (Fsp3) is 0.833. The highest BCUT2D eigenvalue weighted by molar-refractivity contribution is 4.92. The van der Waals surface area contributed by atoms with Crippen LogP contribution in [-0.2, 0) is 0 Å². The van der Waals surface area contributed by atoms with E-state index in [2.05, 4.69) is 40.9 Å². The van der Waals surface area contributed by atoms with E-state index in [1.807, 2.05) is 0 Å². The van der Waals surface area contributed by atoms with Gasteiger partial charge < -0.3 is 16.9 Å². The highest BCUT2D eigenvalue weighted by Crippen LogP contribution is 2.19. The van der Waals surface area contributed by atoms with E-state index in [-0.39, 0.29) is 12.4 Å². The van der Waals surface area contributed by atoms with Gasteiger partial charge in [-0.2, -0.15) is 0 Å². The van der Waals surface area contributed by atoms with Crippen LogP contribution in [0.15, 0.2) is 24.3 Å². The standard InChI is InChI=1S/C24H48N.ClH/c1-7-9-11-13-15-17-19-25(21-23(3)4,22-24(5)6)20-18-16-14-12-10-8-2;/h3,5,7-22H2,1-2,4,6H3;1H/q+1;/p-1. The van der Waals surface area contributed by atoms with Gasteiger partial charge in [0, 0.05) is 0 Å². The third-order valence-corrected chi connectivity index (χ3v) is 5.18. The fourth-order valence-corrected chi connectivity index (χ4v) is 4.08. The molecule has 0 aromatic carbocycles. The topological polar surface area (TPSA) is 0 Å². The Balaban J connectivity index is 0. The van der Waals surface area contributed by atoms with Crippen LogP contribution >= 0.6 is 0 Å². The van der Waals surface area contributed by atoms with Crippen molar-refractivity contribution in [3.63, 3.8) is 0 Å². The van der Waals surface area contributed by atoms with Crippen molar-refractivity contribution in [1.82, 2.24) is 0 Å². The van der Waals surface area contributed by atoms with Gasteiger partial charge in [-0.05, 0) is 50.7 Å². The summed E-state index contributed by atoms with van der Waals surface area (Å²) in [4.78, 5) is 0. The van der Waals surface area contributed by atoms with E-state index in [1.165, 1.54) is 106 Å². The summed E-state index contributed by atoms with van der Waals surface area (Å²) in [6.45, 7) is 22.4. The van der Waals surface area contributed by atoms with Crippen molar-refractivity contribution < 1.29 is 16.9 Å². The maximum Gasteiger partial charge on any atom is 0.100 e. The molecule has 0 saturated carbocycles. The summed E-state index contributed by atoms with van der Waals surface area (Å²) in [5.74, 6) is 0. The lowest BCUT2D eigenvalue weighted by atomic mass is 10.1. The normalized spacial score (nSPS) is 11.2. The van der Waals surface area contributed by atoms with Crippen LogP contribution in [0.3, 0.4) is 0 Å². The first kappa shape index (κ1) is 27.9. The Labute approximate surface area is 172 Å². The molecule has 0 rings (SSSR count). The maximum absolute atomic E-state index is 4.24. The van der Waals surface area contributed by atoms with Crippen molar-refractivity contribution >= 4 is 0 Å². The molecule has 0 aliphatic carbocycles. The molecule has 0 amide bonds. The number of nitrogens with zero attached hydrogens (tertiary/aromatic N) is 1. The molecular formula is C24H48ClN. The van der Waals surface area contributed by atoms with Crippen molar-refractivity contribution in [2.75, 3.05) is 26.2 Å². The average Bonchev–Trinajstić information content (AvgIpc) is 2.53. The molecule has 0 N–H and O–H groups in total. The highest BCUT2D eigenvalue weighted by atomic mass is 35.5. The van der Waals surface area contributed by atoms with Crippen molar-refractivity contribution in [2.45, 2.75) is 105 Å². The Hall–Kier alpha value is -0.270. The van der Waals surface area contributed by atoms with E-state index in [0.717, 1.165) is 13.1 Å². The predicted octanol–water partition coefficient (Wildman–Crippen LogP) is 4.68. The zero-order valence-corrected chi connectivity index (χ0v) is 19.3. The molecule has 0 aromatic heterocycles. The van der Waals surface area contributed by atoms with Gasteiger partial charge in [0.1, 0.15) is 13.1 Å². The van der Waals surface area contributed by atoms with Crippen LogP contribution < -0.4 is 12.4 Å². The monoisotopic (exact) mass is 385 g/mol. The largest absolute Gasteiger partial charge is 1.00 e. The summed E-state index contributed by atoms with van der Waals surface area (Å²) in [6.07, 6.45) is 16.6. The van der Waals surface area contributed by atoms with E-state index in [0.29, 0.717) is 0 Å². The number of unbranched alkanes of at least 4 members (excludes halogenated alkanes) is 10. The molecule has 0 aliphatic heterocycles. The van der Waals surface area contributed by atoms with Gasteiger partial charge in [0.25, 0.3) is 0 Å². The van der Waals surface area contributed by atoms with Crippen molar-refractivity contribution in [3.05, 3.63) is 24.3 Å². The van der Waals surface area contributed by atoms with Crippen molar-refractivity contribution in [2.24, 2.45) is 0 Å². The summed E-state index contributed by atoms with van der Waals surface area (Å²) in [6, 6.07) is 0. The second-order valence-corrected chi connectivity index (χ2v) is 8.55. The minimum Gasteiger partial charge on any atom is -1.00 e. The average molecular weight is 386 g/mol. The van der Waals surface area contributed by atoms with E-state index in [1.54, 1.807) is 0 Å². The predicted molar refractivity (Wildman–Crippen MR) is 116 cm³/mol. The van der Waals surface area contributed by atoms with Gasteiger partial charge in [0.15, 0.2) is 0 Å². The van der Waals surface area contributed by atoms with Gasteiger partial charge in [-0.15, -0.1) is 0 Å². The van der Waals surface area contributed by atoms with Crippen molar-refractivity contribution in [1.29, 1.82) is 0 Å². The molecular weight excluding hydrogens is 338 g/mol. The number of quaternary nitrogens is 1. The summed E-state index contributed by atoms with van der Waals surface area (Å²) in [7, 11) is 0.